The lowest BCUT2D eigenvalue weighted by Gasteiger charge is -2.32. The van der Waals surface area contributed by atoms with Crippen molar-refractivity contribution in [2.75, 3.05) is 19.0 Å². The summed E-state index contributed by atoms with van der Waals surface area (Å²) >= 11 is 0. The molecule has 106 valence electrons. The molecular formula is C16H25NO2. The van der Waals surface area contributed by atoms with Crippen molar-refractivity contribution in [3.63, 3.8) is 0 Å². The number of nitrogens with one attached hydrogen (secondary N) is 1. The van der Waals surface area contributed by atoms with E-state index in [4.69, 9.17) is 9.47 Å². The fourth-order valence-corrected chi connectivity index (χ4v) is 2.67. The van der Waals surface area contributed by atoms with Gasteiger partial charge < -0.3 is 14.8 Å². The Morgan fingerprint density at radius 2 is 2.00 bits per heavy atom. The summed E-state index contributed by atoms with van der Waals surface area (Å²) in [6.07, 6.45) is 6.19. The summed E-state index contributed by atoms with van der Waals surface area (Å²) in [4.78, 5) is 0. The van der Waals surface area contributed by atoms with Gasteiger partial charge in [-0.1, -0.05) is 31.9 Å². The van der Waals surface area contributed by atoms with E-state index in [1.165, 1.54) is 19.3 Å². The Labute approximate surface area is 116 Å². The van der Waals surface area contributed by atoms with Crippen LogP contribution in [0.5, 0.6) is 5.75 Å². The first-order valence-corrected chi connectivity index (χ1v) is 7.36. The van der Waals surface area contributed by atoms with E-state index in [1.54, 1.807) is 0 Å². The maximum atomic E-state index is 5.79. The lowest BCUT2D eigenvalue weighted by molar-refractivity contribution is 0.0605. The molecule has 1 aliphatic carbocycles. The van der Waals surface area contributed by atoms with Crippen LogP contribution < -0.4 is 10.1 Å². The van der Waals surface area contributed by atoms with E-state index in [9.17, 15) is 0 Å². The summed E-state index contributed by atoms with van der Waals surface area (Å²) in [6.45, 7) is 2.88. The van der Waals surface area contributed by atoms with Gasteiger partial charge in [-0.3, -0.25) is 0 Å². The topological polar surface area (TPSA) is 30.5 Å². The van der Waals surface area contributed by atoms with Gasteiger partial charge in [0.15, 0.2) is 0 Å². The van der Waals surface area contributed by atoms with Crippen LogP contribution in [0.2, 0.25) is 0 Å². The third-order valence-corrected chi connectivity index (χ3v) is 3.69. The standard InChI is InChI=1S/C16H25NO2/c1-3-12-19-16-11-7-5-9-14(16)17-13-8-4-6-10-15(13)18-2/h5,7,9,11,13,15,17H,3-4,6,8,10,12H2,1-2H3. The van der Waals surface area contributed by atoms with Gasteiger partial charge in [-0.2, -0.15) is 0 Å². The van der Waals surface area contributed by atoms with Crippen LogP contribution in [-0.4, -0.2) is 25.9 Å². The lowest BCUT2D eigenvalue weighted by Crippen LogP contribution is -2.37. The summed E-state index contributed by atoms with van der Waals surface area (Å²) < 4.78 is 11.4. The van der Waals surface area contributed by atoms with E-state index in [0.29, 0.717) is 12.1 Å². The van der Waals surface area contributed by atoms with Gasteiger partial charge in [0.25, 0.3) is 0 Å². The molecule has 1 saturated carbocycles. The predicted octanol–water partition coefficient (Wildman–Crippen LogP) is 3.84. The molecule has 1 aliphatic rings. The number of hydrogen-bond donors (Lipinski definition) is 1. The maximum absolute atomic E-state index is 5.79. The molecule has 1 N–H and O–H groups in total. The van der Waals surface area contributed by atoms with Crippen molar-refractivity contribution in [3.8, 4) is 5.75 Å². The monoisotopic (exact) mass is 263 g/mol. The minimum atomic E-state index is 0.313. The van der Waals surface area contributed by atoms with Crippen molar-refractivity contribution < 1.29 is 9.47 Å². The number of rotatable bonds is 6. The molecule has 2 rings (SSSR count). The lowest BCUT2D eigenvalue weighted by atomic mass is 9.92. The fraction of sp³-hybridized carbons (Fsp3) is 0.625. The largest absolute Gasteiger partial charge is 0.491 e. The van der Waals surface area contributed by atoms with Crippen LogP contribution in [0.1, 0.15) is 39.0 Å². The van der Waals surface area contributed by atoms with Crippen molar-refractivity contribution in [3.05, 3.63) is 24.3 Å². The first-order valence-electron chi connectivity index (χ1n) is 7.36. The van der Waals surface area contributed by atoms with Gasteiger partial charge in [0, 0.05) is 7.11 Å². The summed E-state index contributed by atoms with van der Waals surface area (Å²) in [5.74, 6) is 0.949. The van der Waals surface area contributed by atoms with Crippen LogP contribution in [0.25, 0.3) is 0 Å². The molecule has 0 spiro atoms. The van der Waals surface area contributed by atoms with Crippen molar-refractivity contribution >= 4 is 5.69 Å². The van der Waals surface area contributed by atoms with Crippen molar-refractivity contribution in [2.45, 2.75) is 51.2 Å². The average Bonchev–Trinajstić information content (AvgIpc) is 2.47. The minimum absolute atomic E-state index is 0.313. The maximum Gasteiger partial charge on any atom is 0.142 e. The molecule has 1 aromatic rings. The first kappa shape index (κ1) is 14.2. The molecule has 1 fully saturated rings. The van der Waals surface area contributed by atoms with E-state index < -0.39 is 0 Å². The summed E-state index contributed by atoms with van der Waals surface area (Å²) in [5, 5.41) is 3.61. The highest BCUT2D eigenvalue weighted by Crippen LogP contribution is 2.29. The van der Waals surface area contributed by atoms with E-state index >= 15 is 0 Å². The molecule has 1 aromatic carbocycles. The minimum Gasteiger partial charge on any atom is -0.491 e. The fourth-order valence-electron chi connectivity index (χ4n) is 2.67. The zero-order chi connectivity index (χ0) is 13.5. The Hall–Kier alpha value is -1.22. The normalized spacial score (nSPS) is 23.1. The number of para-hydroxylation sites is 2. The Bertz CT molecular complexity index is 381. The Kier molecular flexibility index (Phi) is 5.52. The third-order valence-electron chi connectivity index (χ3n) is 3.69. The molecule has 0 heterocycles. The number of ether oxygens (including phenoxy) is 2. The quantitative estimate of drug-likeness (QED) is 0.845. The molecule has 3 heteroatoms. The van der Waals surface area contributed by atoms with Crippen LogP contribution in [0.3, 0.4) is 0 Å². The van der Waals surface area contributed by atoms with Gasteiger partial charge in [0.1, 0.15) is 5.75 Å². The van der Waals surface area contributed by atoms with Crippen molar-refractivity contribution in [1.29, 1.82) is 0 Å². The van der Waals surface area contributed by atoms with Crippen LogP contribution in [0.4, 0.5) is 5.69 Å². The van der Waals surface area contributed by atoms with E-state index in [-0.39, 0.29) is 0 Å². The zero-order valence-corrected chi connectivity index (χ0v) is 12.0. The summed E-state index contributed by atoms with van der Waals surface area (Å²) in [5.41, 5.74) is 1.09. The van der Waals surface area contributed by atoms with Gasteiger partial charge in [-0.25, -0.2) is 0 Å². The molecule has 2 unspecified atom stereocenters. The molecular weight excluding hydrogens is 238 g/mol. The second kappa shape index (κ2) is 7.39. The van der Waals surface area contributed by atoms with E-state index in [0.717, 1.165) is 30.9 Å². The first-order chi connectivity index (χ1) is 9.35. The van der Waals surface area contributed by atoms with Crippen LogP contribution >= 0.6 is 0 Å². The molecule has 0 aromatic heterocycles. The zero-order valence-electron chi connectivity index (χ0n) is 12.0. The third kappa shape index (κ3) is 3.87. The molecule has 2 atom stereocenters. The smallest absolute Gasteiger partial charge is 0.142 e. The molecule has 0 radical (unpaired) electrons. The van der Waals surface area contributed by atoms with Crippen LogP contribution in [0, 0.1) is 0 Å². The molecule has 0 bridgehead atoms. The Morgan fingerprint density at radius 1 is 1.21 bits per heavy atom. The van der Waals surface area contributed by atoms with Crippen molar-refractivity contribution in [2.24, 2.45) is 0 Å². The molecule has 3 nitrogen and oxygen atoms in total. The van der Waals surface area contributed by atoms with Gasteiger partial charge in [0.2, 0.25) is 0 Å². The Morgan fingerprint density at radius 3 is 2.79 bits per heavy atom. The predicted molar refractivity (Wildman–Crippen MR) is 78.9 cm³/mol. The van der Waals surface area contributed by atoms with Crippen LogP contribution in [-0.2, 0) is 4.74 Å². The van der Waals surface area contributed by atoms with Crippen LogP contribution in [0.15, 0.2) is 24.3 Å². The van der Waals surface area contributed by atoms with E-state index in [2.05, 4.69) is 18.3 Å². The van der Waals surface area contributed by atoms with Gasteiger partial charge in [-0.15, -0.1) is 0 Å². The van der Waals surface area contributed by atoms with Gasteiger partial charge in [0.05, 0.1) is 24.4 Å². The average molecular weight is 263 g/mol. The number of anilines is 1. The summed E-state index contributed by atoms with van der Waals surface area (Å²) in [7, 11) is 1.81. The highest BCUT2D eigenvalue weighted by Gasteiger charge is 2.25. The Balaban J connectivity index is 2.04. The highest BCUT2D eigenvalue weighted by molar-refractivity contribution is 5.57. The SMILES string of the molecule is CCCOc1ccccc1NC1CCCCC1OC. The molecule has 0 amide bonds. The number of benzene rings is 1. The van der Waals surface area contributed by atoms with Crippen molar-refractivity contribution in [1.82, 2.24) is 0 Å². The molecule has 0 saturated heterocycles. The second-order valence-corrected chi connectivity index (χ2v) is 5.15. The number of hydrogen-bond acceptors (Lipinski definition) is 3. The molecule has 0 aliphatic heterocycles. The van der Waals surface area contributed by atoms with Gasteiger partial charge in [-0.05, 0) is 31.4 Å². The van der Waals surface area contributed by atoms with Gasteiger partial charge >= 0.3 is 0 Å². The highest BCUT2D eigenvalue weighted by atomic mass is 16.5. The molecule has 19 heavy (non-hydrogen) atoms. The second-order valence-electron chi connectivity index (χ2n) is 5.15. The number of methoxy groups -OCH3 is 1. The summed E-state index contributed by atoms with van der Waals surface area (Å²) in [6, 6.07) is 8.58. The van der Waals surface area contributed by atoms with E-state index in [1.807, 2.05) is 25.3 Å².